The maximum atomic E-state index is 12.7. The number of hydrogen-bond donors (Lipinski definition) is 2. The van der Waals surface area contributed by atoms with Gasteiger partial charge in [-0.1, -0.05) is 18.6 Å². The predicted molar refractivity (Wildman–Crippen MR) is 136 cm³/mol. The van der Waals surface area contributed by atoms with Gasteiger partial charge in [0.15, 0.2) is 5.11 Å². The first-order valence-electron chi connectivity index (χ1n) is 11.1. The molecule has 1 aliphatic carbocycles. The smallest absolute Gasteiger partial charge is 0.341 e. The van der Waals surface area contributed by atoms with Crippen molar-refractivity contribution in [3.8, 4) is 5.75 Å². The highest BCUT2D eigenvalue weighted by atomic mass is 32.1. The number of thiocarbonyl (C=S) groups is 1. The lowest BCUT2D eigenvalue weighted by Crippen LogP contribution is -2.20. The van der Waals surface area contributed by atoms with E-state index >= 15 is 0 Å². The Bertz CT molecular complexity index is 1140. The summed E-state index contributed by atoms with van der Waals surface area (Å²) in [6.45, 7) is 2.78. The van der Waals surface area contributed by atoms with Crippen molar-refractivity contribution in [2.75, 3.05) is 24.4 Å². The molecule has 0 amide bonds. The van der Waals surface area contributed by atoms with Gasteiger partial charge in [-0.2, -0.15) is 5.10 Å². The largest absolute Gasteiger partial charge is 0.497 e. The molecule has 0 spiro atoms. The van der Waals surface area contributed by atoms with Crippen LogP contribution in [0.3, 0.4) is 0 Å². The van der Waals surface area contributed by atoms with Crippen molar-refractivity contribution in [1.29, 1.82) is 0 Å². The minimum absolute atomic E-state index is 0.284. The summed E-state index contributed by atoms with van der Waals surface area (Å²) < 4.78 is 12.5. The van der Waals surface area contributed by atoms with Gasteiger partial charge in [-0.25, -0.2) is 4.79 Å². The van der Waals surface area contributed by atoms with Crippen LogP contribution in [0, 0.1) is 0 Å². The molecule has 0 fully saturated rings. The zero-order valence-corrected chi connectivity index (χ0v) is 20.5. The van der Waals surface area contributed by atoms with Crippen molar-refractivity contribution >= 4 is 45.3 Å². The maximum absolute atomic E-state index is 12.7. The first-order valence-corrected chi connectivity index (χ1v) is 12.3. The Morgan fingerprint density at radius 2 is 2.09 bits per heavy atom. The second-order valence-electron chi connectivity index (χ2n) is 7.85. The Hall–Kier alpha value is -2.91. The van der Waals surface area contributed by atoms with Gasteiger partial charge in [0.2, 0.25) is 0 Å². The Morgan fingerprint density at radius 3 is 2.91 bits per heavy atom. The predicted octanol–water partition coefficient (Wildman–Crippen LogP) is 5.26. The highest BCUT2D eigenvalue weighted by Crippen LogP contribution is 2.38. The molecule has 33 heavy (non-hydrogen) atoms. The molecule has 3 aromatic rings. The summed E-state index contributed by atoms with van der Waals surface area (Å²) in [5, 5.41) is 12.0. The third-order valence-electron chi connectivity index (χ3n) is 5.50. The van der Waals surface area contributed by atoms with E-state index in [2.05, 4.69) is 15.7 Å². The molecule has 2 N–H and O–H groups in total. The zero-order valence-electron chi connectivity index (χ0n) is 18.8. The summed E-state index contributed by atoms with van der Waals surface area (Å²) in [4.78, 5) is 14.0. The number of nitrogens with one attached hydrogen (secondary N) is 2. The third kappa shape index (κ3) is 5.72. The molecule has 2 aromatic heterocycles. The number of carbonyl (C=O) groups is 1. The number of ether oxygens (including phenoxy) is 2. The monoisotopic (exact) mass is 484 g/mol. The minimum atomic E-state index is -0.284. The average molecular weight is 485 g/mol. The fourth-order valence-corrected chi connectivity index (χ4v) is 5.55. The summed E-state index contributed by atoms with van der Waals surface area (Å²) in [7, 11) is 1.65. The number of benzene rings is 1. The van der Waals surface area contributed by atoms with Crippen LogP contribution in [0.5, 0.6) is 5.75 Å². The number of aromatic nitrogens is 2. The highest BCUT2D eigenvalue weighted by Gasteiger charge is 2.26. The van der Waals surface area contributed by atoms with E-state index in [0.29, 0.717) is 23.8 Å². The fraction of sp³-hybridized carbons (Fsp3) is 0.375. The van der Waals surface area contributed by atoms with E-state index in [0.717, 1.165) is 53.2 Å². The molecule has 174 valence electrons. The van der Waals surface area contributed by atoms with Crippen LogP contribution in [0.4, 0.5) is 10.7 Å². The summed E-state index contributed by atoms with van der Waals surface area (Å²) in [6.07, 6.45) is 8.93. The third-order valence-corrected chi connectivity index (χ3v) is 6.91. The van der Waals surface area contributed by atoms with Gasteiger partial charge in [-0.15, -0.1) is 11.3 Å². The zero-order chi connectivity index (χ0) is 23.2. The number of anilines is 2. The topological polar surface area (TPSA) is 77.4 Å². The Morgan fingerprint density at radius 1 is 1.24 bits per heavy atom. The second kappa shape index (κ2) is 10.8. The molecule has 0 aliphatic heterocycles. The Labute approximate surface area is 203 Å². The average Bonchev–Trinajstić information content (AvgIpc) is 3.29. The SMILES string of the molecule is CCOC(=O)c1c(NC(=S)Nc2cnn(Cc3cccc(OC)c3)c2)sc2c1CCCCC2. The van der Waals surface area contributed by atoms with Crippen molar-refractivity contribution in [2.24, 2.45) is 0 Å². The molecule has 0 atom stereocenters. The second-order valence-corrected chi connectivity index (χ2v) is 9.36. The van der Waals surface area contributed by atoms with E-state index in [-0.39, 0.29) is 5.97 Å². The molecule has 0 radical (unpaired) electrons. The highest BCUT2D eigenvalue weighted by molar-refractivity contribution is 7.80. The number of methoxy groups -OCH3 is 1. The fourth-order valence-electron chi connectivity index (χ4n) is 3.99. The van der Waals surface area contributed by atoms with Crippen LogP contribution < -0.4 is 15.4 Å². The number of nitrogens with zero attached hydrogens (tertiary/aromatic N) is 2. The molecular weight excluding hydrogens is 456 g/mol. The van der Waals surface area contributed by atoms with E-state index in [1.165, 1.54) is 11.3 Å². The Balaban J connectivity index is 1.45. The minimum Gasteiger partial charge on any atom is -0.497 e. The van der Waals surface area contributed by atoms with Crippen LogP contribution in [0.1, 0.15) is 52.5 Å². The quantitative estimate of drug-likeness (QED) is 0.269. The van der Waals surface area contributed by atoms with Gasteiger partial charge in [-0.3, -0.25) is 4.68 Å². The Kier molecular flexibility index (Phi) is 7.61. The van der Waals surface area contributed by atoms with E-state index in [1.54, 1.807) is 24.6 Å². The van der Waals surface area contributed by atoms with Crippen molar-refractivity contribution in [3.63, 3.8) is 0 Å². The maximum Gasteiger partial charge on any atom is 0.341 e. The molecule has 1 aliphatic rings. The number of hydrogen-bond acceptors (Lipinski definition) is 6. The summed E-state index contributed by atoms with van der Waals surface area (Å²) in [5.41, 5.74) is 3.61. The first kappa shape index (κ1) is 23.3. The van der Waals surface area contributed by atoms with Crippen molar-refractivity contribution < 1.29 is 14.3 Å². The molecule has 2 heterocycles. The van der Waals surface area contributed by atoms with E-state index in [9.17, 15) is 4.79 Å². The number of aryl methyl sites for hydroxylation is 1. The lowest BCUT2D eigenvalue weighted by atomic mass is 10.1. The van der Waals surface area contributed by atoms with Gasteiger partial charge in [0.05, 0.1) is 37.7 Å². The van der Waals surface area contributed by atoms with Gasteiger partial charge in [0.25, 0.3) is 0 Å². The van der Waals surface area contributed by atoms with Crippen LogP contribution in [0.2, 0.25) is 0 Å². The lowest BCUT2D eigenvalue weighted by molar-refractivity contribution is 0.0527. The van der Waals surface area contributed by atoms with Gasteiger partial charge < -0.3 is 20.1 Å². The van der Waals surface area contributed by atoms with Crippen LogP contribution in [0.15, 0.2) is 36.7 Å². The van der Waals surface area contributed by atoms with Crippen molar-refractivity contribution in [3.05, 3.63) is 58.2 Å². The summed E-state index contributed by atoms with van der Waals surface area (Å²) in [6, 6.07) is 7.89. The van der Waals surface area contributed by atoms with Gasteiger partial charge in [-0.05, 0) is 68.1 Å². The number of fused-ring (bicyclic) bond motifs is 1. The van der Waals surface area contributed by atoms with E-state index < -0.39 is 0 Å². The molecule has 0 unspecified atom stereocenters. The van der Waals surface area contributed by atoms with Crippen LogP contribution in [-0.4, -0.2) is 34.6 Å². The van der Waals surface area contributed by atoms with Gasteiger partial charge >= 0.3 is 5.97 Å². The standard InChI is InChI=1S/C24H28N4O3S2/c1-3-31-23(29)21-19-10-5-4-6-11-20(19)33-22(21)27-24(32)26-17-13-25-28(15-17)14-16-8-7-9-18(12-16)30-2/h7-9,12-13,15H,3-6,10-11,14H2,1-2H3,(H2,26,27,32). The van der Waals surface area contributed by atoms with E-state index in [1.807, 2.05) is 42.1 Å². The molecule has 0 bridgehead atoms. The molecular formula is C24H28N4O3S2. The van der Waals surface area contributed by atoms with Crippen molar-refractivity contribution in [1.82, 2.24) is 9.78 Å². The van der Waals surface area contributed by atoms with E-state index in [4.69, 9.17) is 21.7 Å². The molecule has 1 aromatic carbocycles. The molecule has 0 saturated heterocycles. The van der Waals surface area contributed by atoms with Crippen molar-refractivity contribution in [2.45, 2.75) is 45.6 Å². The molecule has 7 nitrogen and oxygen atoms in total. The van der Waals surface area contributed by atoms with Crippen LogP contribution in [-0.2, 0) is 24.1 Å². The lowest BCUT2D eigenvalue weighted by Gasteiger charge is -2.10. The number of carbonyl (C=O) groups excluding carboxylic acids is 1. The van der Waals surface area contributed by atoms with Gasteiger partial charge in [0.1, 0.15) is 10.8 Å². The number of thiophene rings is 1. The van der Waals surface area contributed by atoms with Crippen LogP contribution in [0.25, 0.3) is 0 Å². The number of rotatable bonds is 7. The molecule has 9 heteroatoms. The molecule has 0 saturated carbocycles. The first-order chi connectivity index (χ1) is 16.1. The summed E-state index contributed by atoms with van der Waals surface area (Å²) >= 11 is 7.15. The number of esters is 1. The normalized spacial score (nSPS) is 13.0. The van der Waals surface area contributed by atoms with Crippen LogP contribution >= 0.6 is 23.6 Å². The van der Waals surface area contributed by atoms with Gasteiger partial charge in [0, 0.05) is 11.1 Å². The molecule has 4 rings (SSSR count). The summed E-state index contributed by atoms with van der Waals surface area (Å²) in [5.74, 6) is 0.531.